The highest BCUT2D eigenvalue weighted by atomic mass is 32.2. The Morgan fingerprint density at radius 2 is 1.85 bits per heavy atom. The van der Waals surface area contributed by atoms with Gasteiger partial charge in [-0.05, 0) is 49.9 Å². The van der Waals surface area contributed by atoms with Gasteiger partial charge in [-0.15, -0.1) is 0 Å². The van der Waals surface area contributed by atoms with Crippen molar-refractivity contribution in [3.05, 3.63) is 30.1 Å². The van der Waals surface area contributed by atoms with Crippen molar-refractivity contribution in [3.63, 3.8) is 0 Å². The van der Waals surface area contributed by atoms with E-state index in [2.05, 4.69) is 5.32 Å². The third-order valence-corrected chi connectivity index (χ3v) is 8.53. The molecule has 0 spiro atoms. The predicted octanol–water partition coefficient (Wildman–Crippen LogP) is 3.02. The highest BCUT2D eigenvalue weighted by Crippen LogP contribution is 2.29. The van der Waals surface area contributed by atoms with E-state index >= 15 is 0 Å². The van der Waals surface area contributed by atoms with Crippen molar-refractivity contribution in [2.45, 2.75) is 48.7 Å². The van der Waals surface area contributed by atoms with E-state index in [1.807, 2.05) is 11.8 Å². The Balaban J connectivity index is 1.50. The fourth-order valence-corrected chi connectivity index (χ4v) is 6.47. The summed E-state index contributed by atoms with van der Waals surface area (Å²) in [6, 6.07) is 4.83. The molecule has 2 aliphatic rings. The fraction of sp³-hybridized carbons (Fsp3) is 0.632. The van der Waals surface area contributed by atoms with Crippen LogP contribution in [0.3, 0.4) is 0 Å². The second-order valence-corrected chi connectivity index (χ2v) is 10.6. The zero-order valence-electron chi connectivity index (χ0n) is 15.4. The van der Waals surface area contributed by atoms with Gasteiger partial charge in [-0.1, -0.05) is 12.8 Å². The van der Waals surface area contributed by atoms with Crippen molar-refractivity contribution < 1.29 is 17.6 Å². The second-order valence-electron chi connectivity index (χ2n) is 7.22. The van der Waals surface area contributed by atoms with Crippen LogP contribution in [0.2, 0.25) is 0 Å². The van der Waals surface area contributed by atoms with E-state index < -0.39 is 15.8 Å². The van der Waals surface area contributed by atoms with Gasteiger partial charge in [-0.2, -0.15) is 16.1 Å². The van der Waals surface area contributed by atoms with Crippen molar-refractivity contribution in [1.29, 1.82) is 0 Å². The molecule has 150 valence electrons. The van der Waals surface area contributed by atoms with Gasteiger partial charge in [-0.25, -0.2) is 12.8 Å². The van der Waals surface area contributed by atoms with Gasteiger partial charge in [0.05, 0.1) is 10.8 Å². The number of amides is 1. The van der Waals surface area contributed by atoms with Crippen LogP contribution in [0, 0.1) is 11.7 Å². The molecule has 1 aliphatic heterocycles. The molecule has 1 saturated heterocycles. The van der Waals surface area contributed by atoms with Gasteiger partial charge in [0.2, 0.25) is 15.9 Å². The molecular weight excluding hydrogens is 387 g/mol. The third kappa shape index (κ3) is 5.45. The van der Waals surface area contributed by atoms with E-state index in [4.69, 9.17) is 0 Å². The summed E-state index contributed by atoms with van der Waals surface area (Å²) in [4.78, 5) is 12.5. The number of carbonyl (C=O) groups excluding carboxylic acids is 1. The first-order valence-electron chi connectivity index (χ1n) is 9.62. The first kappa shape index (κ1) is 20.6. The lowest BCUT2D eigenvalue weighted by molar-refractivity contribution is -0.125. The third-order valence-electron chi connectivity index (χ3n) is 5.26. The topological polar surface area (TPSA) is 66.5 Å². The molecule has 1 saturated carbocycles. The molecule has 1 amide bonds. The molecule has 27 heavy (non-hydrogen) atoms. The number of sulfonamides is 1. The van der Waals surface area contributed by atoms with Crippen LogP contribution in [0.1, 0.15) is 38.5 Å². The van der Waals surface area contributed by atoms with Gasteiger partial charge in [0, 0.05) is 30.6 Å². The van der Waals surface area contributed by atoms with Crippen LogP contribution < -0.4 is 5.32 Å². The first-order chi connectivity index (χ1) is 13.0. The van der Waals surface area contributed by atoms with Crippen LogP contribution in [0.25, 0.3) is 0 Å². The molecule has 0 radical (unpaired) electrons. The molecule has 1 heterocycles. The average Bonchev–Trinajstić information content (AvgIpc) is 3.19. The minimum absolute atomic E-state index is 0.0675. The maximum atomic E-state index is 13.1. The van der Waals surface area contributed by atoms with E-state index in [9.17, 15) is 17.6 Å². The van der Waals surface area contributed by atoms with Crippen LogP contribution in [0.15, 0.2) is 29.2 Å². The number of thioether (sulfide) groups is 1. The normalized spacial score (nSPS) is 22.0. The molecule has 0 aromatic heterocycles. The number of hydrogen-bond acceptors (Lipinski definition) is 4. The van der Waals surface area contributed by atoms with E-state index in [0.29, 0.717) is 25.9 Å². The lowest BCUT2D eigenvalue weighted by Crippen LogP contribution is -2.45. The van der Waals surface area contributed by atoms with Crippen molar-refractivity contribution >= 4 is 27.7 Å². The SMILES string of the molecule is O=C(NCCSC1CCCC1)[C@@H]1CCCN(S(=O)(=O)c2ccc(F)cc2)C1. The fourth-order valence-electron chi connectivity index (χ4n) is 3.73. The highest BCUT2D eigenvalue weighted by molar-refractivity contribution is 7.99. The summed E-state index contributed by atoms with van der Waals surface area (Å²) in [6.45, 7) is 1.20. The van der Waals surface area contributed by atoms with E-state index in [1.165, 1.54) is 42.1 Å². The molecule has 8 heteroatoms. The number of carbonyl (C=O) groups is 1. The Kier molecular flexibility index (Phi) is 7.16. The smallest absolute Gasteiger partial charge is 0.243 e. The van der Waals surface area contributed by atoms with Crippen molar-refractivity contribution in [2.75, 3.05) is 25.4 Å². The van der Waals surface area contributed by atoms with Crippen LogP contribution in [-0.4, -0.2) is 49.3 Å². The lowest BCUT2D eigenvalue weighted by atomic mass is 9.99. The highest BCUT2D eigenvalue weighted by Gasteiger charge is 2.33. The molecule has 1 aromatic rings. The lowest BCUT2D eigenvalue weighted by Gasteiger charge is -2.31. The minimum Gasteiger partial charge on any atom is -0.355 e. The van der Waals surface area contributed by atoms with Crippen molar-refractivity contribution in [3.8, 4) is 0 Å². The van der Waals surface area contributed by atoms with Gasteiger partial charge >= 0.3 is 0 Å². The largest absolute Gasteiger partial charge is 0.355 e. The molecule has 1 atom stereocenters. The number of hydrogen-bond donors (Lipinski definition) is 1. The molecule has 1 N–H and O–H groups in total. The summed E-state index contributed by atoms with van der Waals surface area (Å²) in [5.74, 6) is 0.0348. The minimum atomic E-state index is -3.70. The Bertz CT molecular complexity index is 734. The van der Waals surface area contributed by atoms with E-state index in [-0.39, 0.29) is 23.3 Å². The van der Waals surface area contributed by atoms with Crippen LogP contribution >= 0.6 is 11.8 Å². The molecule has 3 rings (SSSR count). The zero-order chi connectivity index (χ0) is 19.3. The summed E-state index contributed by atoms with van der Waals surface area (Å²) in [7, 11) is -3.70. The number of rotatable bonds is 7. The second kappa shape index (κ2) is 9.39. The number of benzene rings is 1. The van der Waals surface area contributed by atoms with E-state index in [0.717, 1.165) is 23.1 Å². The Morgan fingerprint density at radius 3 is 2.56 bits per heavy atom. The summed E-state index contributed by atoms with van der Waals surface area (Å²) < 4.78 is 39.9. The Morgan fingerprint density at radius 1 is 1.15 bits per heavy atom. The van der Waals surface area contributed by atoms with Gasteiger partial charge in [0.1, 0.15) is 5.82 Å². The molecule has 1 aliphatic carbocycles. The average molecular weight is 415 g/mol. The van der Waals surface area contributed by atoms with Gasteiger partial charge < -0.3 is 5.32 Å². The molecule has 1 aromatic carbocycles. The maximum Gasteiger partial charge on any atom is 0.243 e. The van der Waals surface area contributed by atoms with Crippen LogP contribution in [0.4, 0.5) is 4.39 Å². The number of nitrogens with zero attached hydrogens (tertiary/aromatic N) is 1. The van der Waals surface area contributed by atoms with Gasteiger partial charge in [0.25, 0.3) is 0 Å². The number of piperidine rings is 1. The Labute approximate surface area is 165 Å². The van der Waals surface area contributed by atoms with Crippen LogP contribution in [-0.2, 0) is 14.8 Å². The summed E-state index contributed by atoms with van der Waals surface area (Å²) >= 11 is 1.92. The molecule has 2 fully saturated rings. The summed E-state index contributed by atoms with van der Waals surface area (Å²) in [5.41, 5.74) is 0. The van der Waals surface area contributed by atoms with Gasteiger partial charge in [0.15, 0.2) is 0 Å². The predicted molar refractivity (Wildman–Crippen MR) is 106 cm³/mol. The quantitative estimate of drug-likeness (QED) is 0.697. The molecular formula is C19H27FN2O3S2. The molecule has 5 nitrogen and oxygen atoms in total. The summed E-state index contributed by atoms with van der Waals surface area (Å²) in [5, 5.41) is 3.69. The summed E-state index contributed by atoms with van der Waals surface area (Å²) in [6.07, 6.45) is 6.51. The maximum absolute atomic E-state index is 13.1. The standard InChI is InChI=1S/C19H27FN2O3S2/c20-16-7-9-18(10-8-16)27(24,25)22-12-3-4-15(14-22)19(23)21-11-13-26-17-5-1-2-6-17/h7-10,15,17H,1-6,11-14H2,(H,21,23)/t15-/m1/s1. The number of nitrogens with one attached hydrogen (secondary N) is 1. The van der Waals surface area contributed by atoms with Crippen molar-refractivity contribution in [1.82, 2.24) is 9.62 Å². The van der Waals surface area contributed by atoms with Crippen LogP contribution in [0.5, 0.6) is 0 Å². The molecule has 0 bridgehead atoms. The molecule has 0 unspecified atom stereocenters. The Hall–Kier alpha value is -1.12. The monoisotopic (exact) mass is 414 g/mol. The number of halogens is 1. The first-order valence-corrected chi connectivity index (χ1v) is 12.1. The van der Waals surface area contributed by atoms with Crippen molar-refractivity contribution in [2.24, 2.45) is 5.92 Å². The van der Waals surface area contributed by atoms with Gasteiger partial charge in [-0.3, -0.25) is 4.79 Å². The zero-order valence-corrected chi connectivity index (χ0v) is 17.0. The van der Waals surface area contributed by atoms with E-state index in [1.54, 1.807) is 0 Å².